The summed E-state index contributed by atoms with van der Waals surface area (Å²) >= 11 is 0. The molecule has 3 heterocycles. The highest BCUT2D eigenvalue weighted by molar-refractivity contribution is 5.93. The van der Waals surface area contributed by atoms with Crippen LogP contribution in [0, 0.1) is 5.82 Å². The Morgan fingerprint density at radius 2 is 2.14 bits per heavy atom. The normalized spacial score (nSPS) is 17.8. The Kier molecular flexibility index (Phi) is 4.87. The molecule has 152 valence electrons. The number of carbonyl (C=O) groups is 1. The van der Waals surface area contributed by atoms with Crippen LogP contribution in [0.2, 0.25) is 0 Å². The zero-order chi connectivity index (χ0) is 20.7. The first kappa shape index (κ1) is 19.2. The summed E-state index contributed by atoms with van der Waals surface area (Å²) < 4.78 is 16.7. The molecule has 8 heteroatoms. The van der Waals surface area contributed by atoms with Gasteiger partial charge in [-0.15, -0.1) is 0 Å². The van der Waals surface area contributed by atoms with Crippen LogP contribution in [-0.2, 0) is 6.54 Å². The number of carboxylic acids is 1. The first-order chi connectivity index (χ1) is 13.9. The summed E-state index contributed by atoms with van der Waals surface area (Å²) in [7, 11) is 2.05. The summed E-state index contributed by atoms with van der Waals surface area (Å²) in [6.07, 6.45) is 5.16. The molecule has 1 unspecified atom stereocenters. The van der Waals surface area contributed by atoms with Crippen LogP contribution >= 0.6 is 0 Å². The molecule has 3 aromatic rings. The number of aryl methyl sites for hydroxylation is 1. The van der Waals surface area contributed by atoms with Gasteiger partial charge in [0, 0.05) is 50.2 Å². The molecule has 0 radical (unpaired) electrons. The van der Waals surface area contributed by atoms with Crippen molar-refractivity contribution in [2.24, 2.45) is 0 Å². The molecule has 1 aromatic carbocycles. The fourth-order valence-corrected chi connectivity index (χ4v) is 4.05. The number of benzene rings is 1. The topological polar surface area (TPSA) is 81.6 Å². The fraction of sp³-hybridized carbons (Fsp3) is 0.333. The maximum Gasteiger partial charge on any atom is 0.341 e. The van der Waals surface area contributed by atoms with E-state index in [1.165, 1.54) is 12.3 Å². The highest BCUT2D eigenvalue weighted by Gasteiger charge is 2.28. The fourth-order valence-electron chi connectivity index (χ4n) is 4.05. The molecule has 1 aliphatic rings. The Balaban J connectivity index is 1.80. The molecular formula is C21H23FN4O3. The first-order valence-electron chi connectivity index (χ1n) is 9.58. The number of nitrogens with one attached hydrogen (secondary N) is 1. The number of hydrogen-bond donors (Lipinski definition) is 2. The van der Waals surface area contributed by atoms with Gasteiger partial charge in [-0.1, -0.05) is 0 Å². The summed E-state index contributed by atoms with van der Waals surface area (Å²) in [6, 6.07) is 4.98. The minimum absolute atomic E-state index is 0.0873. The van der Waals surface area contributed by atoms with Gasteiger partial charge in [0.15, 0.2) is 0 Å². The predicted octanol–water partition coefficient (Wildman–Crippen LogP) is 2.68. The molecule has 0 saturated carbocycles. The number of aromatic nitrogens is 2. The lowest BCUT2D eigenvalue weighted by Crippen LogP contribution is -2.47. The summed E-state index contributed by atoms with van der Waals surface area (Å²) in [5, 5.41) is 9.38. The summed E-state index contributed by atoms with van der Waals surface area (Å²) in [6.45, 7) is 4.36. The van der Waals surface area contributed by atoms with Gasteiger partial charge in [0.25, 0.3) is 0 Å². The molecule has 29 heavy (non-hydrogen) atoms. The van der Waals surface area contributed by atoms with E-state index in [0.717, 1.165) is 12.1 Å². The maximum atomic E-state index is 15.1. The second-order valence-electron chi connectivity index (χ2n) is 7.37. The van der Waals surface area contributed by atoms with E-state index in [2.05, 4.69) is 9.88 Å². The average molecular weight is 398 g/mol. The SMILES string of the molecule is CCn1cc(C(=O)O)c(=O)c2cc(F)c(N3CCN(C)C(c4cc[nH]c4)C3)cc21. The van der Waals surface area contributed by atoms with Crippen LogP contribution in [0.1, 0.15) is 28.9 Å². The number of fused-ring (bicyclic) bond motifs is 1. The van der Waals surface area contributed by atoms with E-state index < -0.39 is 17.2 Å². The molecular weight excluding hydrogens is 375 g/mol. The van der Waals surface area contributed by atoms with Gasteiger partial charge in [0.05, 0.1) is 17.2 Å². The number of halogens is 1. The molecule has 1 fully saturated rings. The summed E-state index contributed by atoms with van der Waals surface area (Å²) in [4.78, 5) is 31.2. The third-order valence-electron chi connectivity index (χ3n) is 5.72. The number of nitrogens with zero attached hydrogens (tertiary/aromatic N) is 3. The number of aromatic amines is 1. The van der Waals surface area contributed by atoms with Crippen molar-refractivity contribution in [2.45, 2.75) is 19.5 Å². The van der Waals surface area contributed by atoms with E-state index in [1.807, 2.05) is 37.3 Å². The predicted molar refractivity (Wildman–Crippen MR) is 109 cm³/mol. The molecule has 1 atom stereocenters. The van der Waals surface area contributed by atoms with Gasteiger partial charge in [0.2, 0.25) is 5.43 Å². The summed E-state index contributed by atoms with van der Waals surface area (Å²) in [5.41, 5.74) is 1.09. The van der Waals surface area contributed by atoms with Gasteiger partial charge in [-0.25, -0.2) is 9.18 Å². The van der Waals surface area contributed by atoms with Crippen molar-refractivity contribution in [2.75, 3.05) is 31.6 Å². The van der Waals surface area contributed by atoms with Gasteiger partial charge in [0.1, 0.15) is 11.4 Å². The van der Waals surface area contributed by atoms with Crippen LogP contribution in [0.25, 0.3) is 10.9 Å². The monoisotopic (exact) mass is 398 g/mol. The highest BCUT2D eigenvalue weighted by atomic mass is 19.1. The van der Waals surface area contributed by atoms with E-state index in [9.17, 15) is 14.7 Å². The Morgan fingerprint density at radius 1 is 1.34 bits per heavy atom. The number of piperazine rings is 1. The van der Waals surface area contributed by atoms with Crippen molar-refractivity contribution in [3.63, 3.8) is 0 Å². The second kappa shape index (κ2) is 7.36. The van der Waals surface area contributed by atoms with Crippen molar-refractivity contribution in [3.05, 3.63) is 64.0 Å². The van der Waals surface area contributed by atoms with Gasteiger partial charge >= 0.3 is 5.97 Å². The van der Waals surface area contributed by atoms with E-state index in [1.54, 1.807) is 10.6 Å². The molecule has 0 aliphatic carbocycles. The van der Waals surface area contributed by atoms with Crippen LogP contribution in [0.5, 0.6) is 0 Å². The lowest BCUT2D eigenvalue weighted by molar-refractivity contribution is 0.0695. The number of carboxylic acid groups (broad SMARTS) is 1. The minimum atomic E-state index is -1.31. The van der Waals surface area contributed by atoms with Crippen molar-refractivity contribution in [3.8, 4) is 0 Å². The quantitative estimate of drug-likeness (QED) is 0.706. The van der Waals surface area contributed by atoms with Gasteiger partial charge < -0.3 is 19.6 Å². The Morgan fingerprint density at radius 3 is 2.79 bits per heavy atom. The average Bonchev–Trinajstić information content (AvgIpc) is 3.23. The lowest BCUT2D eigenvalue weighted by Gasteiger charge is -2.40. The van der Waals surface area contributed by atoms with Gasteiger partial charge in [-0.05, 0) is 37.7 Å². The summed E-state index contributed by atoms with van der Waals surface area (Å²) in [5.74, 6) is -1.82. The van der Waals surface area contributed by atoms with Crippen LogP contribution in [0.15, 0.2) is 41.6 Å². The third kappa shape index (κ3) is 3.29. The number of rotatable bonds is 4. The van der Waals surface area contributed by atoms with E-state index in [0.29, 0.717) is 30.8 Å². The minimum Gasteiger partial charge on any atom is -0.477 e. The smallest absolute Gasteiger partial charge is 0.341 e. The van der Waals surface area contributed by atoms with Crippen molar-refractivity contribution < 1.29 is 14.3 Å². The van der Waals surface area contributed by atoms with Gasteiger partial charge in [-0.2, -0.15) is 0 Å². The Labute approximate surface area is 167 Å². The molecule has 2 N–H and O–H groups in total. The number of pyridine rings is 1. The molecule has 2 aromatic heterocycles. The van der Waals surface area contributed by atoms with Crippen molar-refractivity contribution in [1.82, 2.24) is 14.5 Å². The van der Waals surface area contributed by atoms with Crippen LogP contribution in [0.3, 0.4) is 0 Å². The Hall–Kier alpha value is -3.13. The largest absolute Gasteiger partial charge is 0.477 e. The zero-order valence-corrected chi connectivity index (χ0v) is 16.4. The molecule has 0 amide bonds. The zero-order valence-electron chi connectivity index (χ0n) is 16.4. The second-order valence-corrected chi connectivity index (χ2v) is 7.37. The number of hydrogen-bond acceptors (Lipinski definition) is 4. The first-order valence-corrected chi connectivity index (χ1v) is 9.58. The van der Waals surface area contributed by atoms with Crippen LogP contribution in [0.4, 0.5) is 10.1 Å². The number of aromatic carboxylic acids is 1. The number of H-pyrrole nitrogens is 1. The number of anilines is 1. The van der Waals surface area contributed by atoms with E-state index >= 15 is 4.39 Å². The third-order valence-corrected chi connectivity index (χ3v) is 5.72. The van der Waals surface area contributed by atoms with Crippen LogP contribution < -0.4 is 10.3 Å². The molecule has 1 aliphatic heterocycles. The van der Waals surface area contributed by atoms with Gasteiger partial charge in [-0.3, -0.25) is 9.69 Å². The molecule has 0 spiro atoms. The highest BCUT2D eigenvalue weighted by Crippen LogP contribution is 2.31. The molecule has 0 bridgehead atoms. The Bertz CT molecular complexity index is 1120. The molecule has 1 saturated heterocycles. The van der Waals surface area contributed by atoms with E-state index in [-0.39, 0.29) is 17.0 Å². The van der Waals surface area contributed by atoms with Crippen LogP contribution in [-0.4, -0.2) is 52.2 Å². The van der Waals surface area contributed by atoms with Crippen molar-refractivity contribution >= 4 is 22.6 Å². The lowest BCUT2D eigenvalue weighted by atomic mass is 10.0. The van der Waals surface area contributed by atoms with E-state index in [4.69, 9.17) is 0 Å². The molecule has 4 rings (SSSR count). The maximum absolute atomic E-state index is 15.1. The number of likely N-dealkylation sites (N-methyl/N-ethyl adjacent to an activating group) is 1. The standard InChI is InChI=1S/C21H23FN4O3/c1-3-25-11-15(21(28)29)20(27)14-8-16(22)18(9-17(14)25)26-7-6-24(2)19(12-26)13-4-5-23-10-13/h4-5,8-11,19,23H,3,6-7,12H2,1-2H3,(H,28,29). The molecule has 7 nitrogen and oxygen atoms in total. The van der Waals surface area contributed by atoms with Crippen molar-refractivity contribution in [1.29, 1.82) is 0 Å².